The SMILES string of the molecule is Cc1ccc(S(=O)(=O)[C@@H](O)C(O)CO)cc1. The lowest BCUT2D eigenvalue weighted by atomic mass is 10.2. The summed E-state index contributed by atoms with van der Waals surface area (Å²) >= 11 is 0. The highest BCUT2D eigenvalue weighted by atomic mass is 32.2. The monoisotopic (exact) mass is 246 g/mol. The average Bonchev–Trinajstić information content (AvgIpc) is 2.27. The van der Waals surface area contributed by atoms with Crippen LogP contribution in [0.15, 0.2) is 29.2 Å². The van der Waals surface area contributed by atoms with Gasteiger partial charge in [-0.25, -0.2) is 8.42 Å². The summed E-state index contributed by atoms with van der Waals surface area (Å²) in [6, 6.07) is 5.87. The summed E-state index contributed by atoms with van der Waals surface area (Å²) in [4.78, 5) is -0.0851. The minimum atomic E-state index is -4.02. The molecule has 1 unspecified atom stereocenters. The van der Waals surface area contributed by atoms with E-state index in [2.05, 4.69) is 0 Å². The van der Waals surface area contributed by atoms with Gasteiger partial charge in [0.1, 0.15) is 6.10 Å². The summed E-state index contributed by atoms with van der Waals surface area (Å²) in [5.74, 6) is 0. The van der Waals surface area contributed by atoms with Crippen molar-refractivity contribution in [2.75, 3.05) is 6.61 Å². The number of benzene rings is 1. The van der Waals surface area contributed by atoms with Crippen molar-refractivity contribution in [1.29, 1.82) is 0 Å². The third kappa shape index (κ3) is 2.59. The fraction of sp³-hybridized carbons (Fsp3) is 0.400. The Balaban J connectivity index is 3.07. The van der Waals surface area contributed by atoms with Crippen molar-refractivity contribution >= 4 is 9.84 Å². The molecular weight excluding hydrogens is 232 g/mol. The lowest BCUT2D eigenvalue weighted by Crippen LogP contribution is -2.36. The number of rotatable bonds is 4. The molecule has 1 aromatic carbocycles. The Morgan fingerprint density at radius 2 is 1.69 bits per heavy atom. The first-order chi connectivity index (χ1) is 7.39. The van der Waals surface area contributed by atoms with E-state index in [1.54, 1.807) is 19.1 Å². The van der Waals surface area contributed by atoms with Crippen LogP contribution in [0.4, 0.5) is 0 Å². The fourth-order valence-electron chi connectivity index (χ4n) is 1.16. The smallest absolute Gasteiger partial charge is 0.207 e. The predicted molar refractivity (Wildman–Crippen MR) is 57.5 cm³/mol. The highest BCUT2D eigenvalue weighted by molar-refractivity contribution is 7.92. The number of aliphatic hydroxyl groups is 3. The Bertz CT molecular complexity index is 437. The Hall–Kier alpha value is -0.950. The van der Waals surface area contributed by atoms with E-state index in [9.17, 15) is 13.5 Å². The molecule has 0 aromatic heterocycles. The van der Waals surface area contributed by atoms with Gasteiger partial charge < -0.3 is 15.3 Å². The molecule has 90 valence electrons. The first-order valence-corrected chi connectivity index (χ1v) is 6.22. The number of aliphatic hydroxyl groups excluding tert-OH is 3. The van der Waals surface area contributed by atoms with Gasteiger partial charge in [0.2, 0.25) is 9.84 Å². The summed E-state index contributed by atoms with van der Waals surface area (Å²) in [6.45, 7) is 0.988. The number of hydrogen-bond acceptors (Lipinski definition) is 5. The quantitative estimate of drug-likeness (QED) is 0.662. The minimum absolute atomic E-state index is 0.0851. The fourth-order valence-corrected chi connectivity index (χ4v) is 2.46. The molecule has 0 spiro atoms. The van der Waals surface area contributed by atoms with E-state index < -0.39 is 28.0 Å². The zero-order valence-electron chi connectivity index (χ0n) is 8.74. The van der Waals surface area contributed by atoms with Gasteiger partial charge in [0.05, 0.1) is 11.5 Å². The molecule has 0 bridgehead atoms. The molecule has 1 aromatic rings. The Labute approximate surface area is 93.9 Å². The van der Waals surface area contributed by atoms with Crippen LogP contribution in [-0.4, -0.2) is 41.9 Å². The Morgan fingerprint density at radius 1 is 1.19 bits per heavy atom. The standard InChI is InChI=1S/C10H14O5S/c1-7-2-4-8(5-3-7)16(14,15)10(13)9(12)6-11/h2-5,9-13H,6H2,1H3/t9?,10-/m1/s1. The first kappa shape index (κ1) is 13.1. The second-order valence-corrected chi connectivity index (χ2v) is 5.54. The third-order valence-electron chi connectivity index (χ3n) is 2.18. The van der Waals surface area contributed by atoms with Crippen molar-refractivity contribution in [3.63, 3.8) is 0 Å². The molecule has 3 N–H and O–H groups in total. The van der Waals surface area contributed by atoms with Crippen LogP contribution < -0.4 is 0 Å². The number of sulfone groups is 1. The summed E-state index contributed by atoms with van der Waals surface area (Å²) < 4.78 is 23.4. The van der Waals surface area contributed by atoms with E-state index in [0.29, 0.717) is 0 Å². The topological polar surface area (TPSA) is 94.8 Å². The molecule has 0 fully saturated rings. The van der Waals surface area contributed by atoms with Gasteiger partial charge in [-0.3, -0.25) is 0 Å². The molecule has 0 heterocycles. The summed E-state index contributed by atoms with van der Waals surface area (Å²) in [5.41, 5.74) is -1.13. The Kier molecular flexibility index (Phi) is 4.03. The van der Waals surface area contributed by atoms with Crippen LogP contribution in [0.5, 0.6) is 0 Å². The second-order valence-electron chi connectivity index (χ2n) is 3.50. The highest BCUT2D eigenvalue weighted by Crippen LogP contribution is 2.17. The van der Waals surface area contributed by atoms with E-state index in [1.807, 2.05) is 0 Å². The third-order valence-corrected chi connectivity index (χ3v) is 4.06. The molecule has 5 nitrogen and oxygen atoms in total. The molecule has 0 saturated carbocycles. The van der Waals surface area contributed by atoms with Gasteiger partial charge in [0.15, 0.2) is 5.44 Å². The molecule has 16 heavy (non-hydrogen) atoms. The van der Waals surface area contributed by atoms with Crippen LogP contribution in [-0.2, 0) is 9.84 Å². The van der Waals surface area contributed by atoms with Crippen molar-refractivity contribution in [2.24, 2.45) is 0 Å². The predicted octanol–water partition coefficient (Wildman–Crippen LogP) is -0.560. The van der Waals surface area contributed by atoms with Crippen LogP contribution in [0, 0.1) is 6.92 Å². The van der Waals surface area contributed by atoms with Crippen LogP contribution in [0.2, 0.25) is 0 Å². The maximum Gasteiger partial charge on any atom is 0.207 e. The second kappa shape index (κ2) is 4.92. The van der Waals surface area contributed by atoms with E-state index in [-0.39, 0.29) is 4.90 Å². The van der Waals surface area contributed by atoms with Crippen molar-refractivity contribution in [3.05, 3.63) is 29.8 Å². The maximum absolute atomic E-state index is 11.7. The number of aryl methyl sites for hydroxylation is 1. The van der Waals surface area contributed by atoms with Gasteiger partial charge in [0, 0.05) is 0 Å². The highest BCUT2D eigenvalue weighted by Gasteiger charge is 2.31. The normalized spacial score (nSPS) is 15.8. The molecule has 6 heteroatoms. The molecule has 0 radical (unpaired) electrons. The number of hydrogen-bond donors (Lipinski definition) is 3. The molecule has 0 aliphatic carbocycles. The van der Waals surface area contributed by atoms with E-state index in [1.165, 1.54) is 12.1 Å². The lowest BCUT2D eigenvalue weighted by molar-refractivity contribution is 0.0241. The Morgan fingerprint density at radius 3 is 2.12 bits per heavy atom. The van der Waals surface area contributed by atoms with Crippen molar-refractivity contribution in [2.45, 2.75) is 23.4 Å². The molecule has 1 rings (SSSR count). The van der Waals surface area contributed by atoms with Gasteiger partial charge in [-0.05, 0) is 19.1 Å². The largest absolute Gasteiger partial charge is 0.394 e. The maximum atomic E-state index is 11.7. The zero-order valence-corrected chi connectivity index (χ0v) is 9.55. The first-order valence-electron chi connectivity index (χ1n) is 4.67. The molecule has 0 aliphatic heterocycles. The molecular formula is C10H14O5S. The van der Waals surface area contributed by atoms with Crippen molar-refractivity contribution in [1.82, 2.24) is 0 Å². The lowest BCUT2D eigenvalue weighted by Gasteiger charge is -2.16. The zero-order chi connectivity index (χ0) is 12.3. The summed E-state index contributed by atoms with van der Waals surface area (Å²) in [7, 11) is -4.02. The molecule has 2 atom stereocenters. The average molecular weight is 246 g/mol. The van der Waals surface area contributed by atoms with Crippen LogP contribution in [0.1, 0.15) is 5.56 Å². The van der Waals surface area contributed by atoms with E-state index >= 15 is 0 Å². The van der Waals surface area contributed by atoms with Gasteiger partial charge >= 0.3 is 0 Å². The van der Waals surface area contributed by atoms with Crippen LogP contribution >= 0.6 is 0 Å². The minimum Gasteiger partial charge on any atom is -0.394 e. The van der Waals surface area contributed by atoms with E-state index in [0.717, 1.165) is 5.56 Å². The van der Waals surface area contributed by atoms with Crippen LogP contribution in [0.3, 0.4) is 0 Å². The molecule has 0 amide bonds. The van der Waals surface area contributed by atoms with Gasteiger partial charge in [-0.15, -0.1) is 0 Å². The molecule has 0 saturated heterocycles. The van der Waals surface area contributed by atoms with Gasteiger partial charge in [0.25, 0.3) is 0 Å². The van der Waals surface area contributed by atoms with Crippen molar-refractivity contribution < 1.29 is 23.7 Å². The van der Waals surface area contributed by atoms with Gasteiger partial charge in [-0.2, -0.15) is 0 Å². The summed E-state index contributed by atoms with van der Waals surface area (Å²) in [5, 5.41) is 27.1. The summed E-state index contributed by atoms with van der Waals surface area (Å²) in [6.07, 6.45) is -1.70. The molecule has 0 aliphatic rings. The van der Waals surface area contributed by atoms with Gasteiger partial charge in [-0.1, -0.05) is 17.7 Å². The van der Waals surface area contributed by atoms with E-state index in [4.69, 9.17) is 10.2 Å². The van der Waals surface area contributed by atoms with Crippen LogP contribution in [0.25, 0.3) is 0 Å². The van der Waals surface area contributed by atoms with Crippen molar-refractivity contribution in [3.8, 4) is 0 Å².